The fourth-order valence-electron chi connectivity index (χ4n) is 3.24. The lowest BCUT2D eigenvalue weighted by atomic mass is 10.1. The van der Waals surface area contributed by atoms with Gasteiger partial charge in [0, 0.05) is 23.4 Å². The number of thioether (sulfide) groups is 1. The number of benzene rings is 1. The molecule has 20 heavy (non-hydrogen) atoms. The Morgan fingerprint density at radius 2 is 2.25 bits per heavy atom. The number of hydrogen-bond acceptors (Lipinski definition) is 3. The molecule has 1 amide bonds. The average molecular weight is 290 g/mol. The van der Waals surface area contributed by atoms with Gasteiger partial charge in [0.25, 0.3) is 0 Å². The van der Waals surface area contributed by atoms with Crippen LogP contribution in [0.5, 0.6) is 0 Å². The van der Waals surface area contributed by atoms with Crippen LogP contribution >= 0.6 is 11.8 Å². The Balaban J connectivity index is 1.58. The van der Waals surface area contributed by atoms with Crippen molar-refractivity contribution in [3.63, 3.8) is 0 Å². The van der Waals surface area contributed by atoms with Crippen molar-refractivity contribution in [2.24, 2.45) is 0 Å². The normalized spacial score (nSPS) is 27.9. The predicted octanol–water partition coefficient (Wildman–Crippen LogP) is 2.81. The summed E-state index contributed by atoms with van der Waals surface area (Å²) in [6, 6.07) is 8.45. The first-order valence-corrected chi connectivity index (χ1v) is 8.59. The van der Waals surface area contributed by atoms with E-state index in [0.717, 1.165) is 24.3 Å². The van der Waals surface area contributed by atoms with Crippen LogP contribution in [0.1, 0.15) is 31.7 Å². The van der Waals surface area contributed by atoms with Gasteiger partial charge in [0.2, 0.25) is 5.91 Å². The van der Waals surface area contributed by atoms with Crippen molar-refractivity contribution >= 4 is 23.4 Å². The molecule has 0 aromatic heterocycles. The van der Waals surface area contributed by atoms with E-state index in [-0.39, 0.29) is 11.9 Å². The van der Waals surface area contributed by atoms with Crippen molar-refractivity contribution in [2.45, 2.75) is 49.9 Å². The lowest BCUT2D eigenvalue weighted by Crippen LogP contribution is -2.46. The molecular formula is C16H22N2OS. The van der Waals surface area contributed by atoms with Gasteiger partial charge >= 0.3 is 0 Å². The summed E-state index contributed by atoms with van der Waals surface area (Å²) in [4.78, 5) is 12.4. The van der Waals surface area contributed by atoms with Crippen LogP contribution in [0.25, 0.3) is 0 Å². The Labute approximate surface area is 124 Å². The standard InChI is InChI=1S/C16H22N2OS/c1-2-20-15-9-5-8-13(15)18-16(19)14-10-11-6-3-4-7-12(11)17-14/h3-4,6-7,13-15,17H,2,5,8-10H2,1H3,(H,18,19). The topological polar surface area (TPSA) is 41.1 Å². The van der Waals surface area contributed by atoms with Crippen LogP contribution in [0, 0.1) is 0 Å². The third kappa shape index (κ3) is 2.80. The molecule has 3 unspecified atom stereocenters. The van der Waals surface area contributed by atoms with E-state index in [1.807, 2.05) is 30.0 Å². The molecule has 3 rings (SSSR count). The largest absolute Gasteiger partial charge is 0.373 e. The Hall–Kier alpha value is -1.16. The van der Waals surface area contributed by atoms with Crippen molar-refractivity contribution in [1.82, 2.24) is 5.32 Å². The molecule has 3 nitrogen and oxygen atoms in total. The predicted molar refractivity (Wildman–Crippen MR) is 85.3 cm³/mol. The van der Waals surface area contributed by atoms with Gasteiger partial charge in [-0.25, -0.2) is 0 Å². The van der Waals surface area contributed by atoms with Crippen molar-refractivity contribution in [3.8, 4) is 0 Å². The summed E-state index contributed by atoms with van der Waals surface area (Å²) >= 11 is 1.98. The molecule has 1 aromatic carbocycles. The molecular weight excluding hydrogens is 268 g/mol. The van der Waals surface area contributed by atoms with Gasteiger partial charge in [-0.3, -0.25) is 4.79 Å². The van der Waals surface area contributed by atoms with Crippen LogP contribution in [0.2, 0.25) is 0 Å². The highest BCUT2D eigenvalue weighted by molar-refractivity contribution is 7.99. The van der Waals surface area contributed by atoms with Gasteiger partial charge in [-0.15, -0.1) is 0 Å². The molecule has 1 aliphatic heterocycles. The van der Waals surface area contributed by atoms with E-state index >= 15 is 0 Å². The van der Waals surface area contributed by atoms with Gasteiger partial charge in [0.05, 0.1) is 0 Å². The molecule has 1 saturated carbocycles. The highest BCUT2D eigenvalue weighted by Crippen LogP contribution is 2.30. The molecule has 3 atom stereocenters. The Morgan fingerprint density at radius 3 is 3.05 bits per heavy atom. The Bertz CT molecular complexity index is 466. The van der Waals surface area contributed by atoms with Crippen molar-refractivity contribution in [3.05, 3.63) is 29.8 Å². The highest BCUT2D eigenvalue weighted by Gasteiger charge is 2.32. The van der Waals surface area contributed by atoms with Crippen molar-refractivity contribution < 1.29 is 4.79 Å². The molecule has 1 aromatic rings. The molecule has 0 spiro atoms. The minimum absolute atomic E-state index is 0.0970. The van der Waals surface area contributed by atoms with Crippen LogP contribution in [-0.2, 0) is 11.2 Å². The summed E-state index contributed by atoms with van der Waals surface area (Å²) in [6.07, 6.45) is 4.41. The van der Waals surface area contributed by atoms with Crippen LogP contribution in [0.3, 0.4) is 0 Å². The fourth-order valence-corrected chi connectivity index (χ4v) is 4.44. The lowest BCUT2D eigenvalue weighted by Gasteiger charge is -2.22. The van der Waals surface area contributed by atoms with E-state index in [9.17, 15) is 4.79 Å². The second-order valence-corrected chi connectivity index (χ2v) is 7.11. The molecule has 4 heteroatoms. The second-order valence-electron chi connectivity index (χ2n) is 5.60. The summed E-state index contributed by atoms with van der Waals surface area (Å²) in [5, 5.41) is 7.21. The van der Waals surface area contributed by atoms with Gasteiger partial charge in [0.1, 0.15) is 6.04 Å². The fraction of sp³-hybridized carbons (Fsp3) is 0.562. The monoisotopic (exact) mass is 290 g/mol. The number of carbonyl (C=O) groups excluding carboxylic acids is 1. The third-order valence-electron chi connectivity index (χ3n) is 4.25. The summed E-state index contributed by atoms with van der Waals surface area (Å²) < 4.78 is 0. The van der Waals surface area contributed by atoms with Gasteiger partial charge in [-0.2, -0.15) is 11.8 Å². The number of nitrogens with one attached hydrogen (secondary N) is 2. The number of hydrogen-bond donors (Lipinski definition) is 2. The van der Waals surface area contributed by atoms with E-state index in [1.54, 1.807) is 0 Å². The summed E-state index contributed by atoms with van der Waals surface area (Å²) in [5.74, 6) is 1.29. The van der Waals surface area contributed by atoms with E-state index in [2.05, 4.69) is 23.6 Å². The molecule has 2 N–H and O–H groups in total. The lowest BCUT2D eigenvalue weighted by molar-refractivity contribution is -0.122. The van der Waals surface area contributed by atoms with Gasteiger partial charge < -0.3 is 10.6 Å². The zero-order valence-corrected chi connectivity index (χ0v) is 12.7. The first-order valence-electron chi connectivity index (χ1n) is 7.54. The Kier molecular flexibility index (Phi) is 4.20. The first kappa shape index (κ1) is 13.8. The average Bonchev–Trinajstić information content (AvgIpc) is 3.06. The zero-order chi connectivity index (χ0) is 13.9. The summed E-state index contributed by atoms with van der Waals surface area (Å²) in [5.41, 5.74) is 2.36. The summed E-state index contributed by atoms with van der Waals surface area (Å²) in [7, 11) is 0. The van der Waals surface area contributed by atoms with Crippen LogP contribution in [0.15, 0.2) is 24.3 Å². The number of carbonyl (C=O) groups is 1. The molecule has 0 bridgehead atoms. The maximum absolute atomic E-state index is 12.4. The van der Waals surface area contributed by atoms with E-state index < -0.39 is 0 Å². The van der Waals surface area contributed by atoms with Gasteiger partial charge in [-0.05, 0) is 30.2 Å². The molecule has 0 saturated heterocycles. The second kappa shape index (κ2) is 6.08. The first-order chi connectivity index (χ1) is 9.78. The molecule has 1 aliphatic carbocycles. The maximum Gasteiger partial charge on any atom is 0.243 e. The molecule has 108 valence electrons. The van der Waals surface area contributed by atoms with Crippen LogP contribution in [-0.4, -0.2) is 29.0 Å². The van der Waals surface area contributed by atoms with Crippen LogP contribution < -0.4 is 10.6 Å². The van der Waals surface area contributed by atoms with Crippen molar-refractivity contribution in [2.75, 3.05) is 11.1 Å². The number of anilines is 1. The number of fused-ring (bicyclic) bond motifs is 1. The number of rotatable bonds is 4. The molecule has 1 heterocycles. The van der Waals surface area contributed by atoms with Gasteiger partial charge in [-0.1, -0.05) is 31.5 Å². The molecule has 1 fully saturated rings. The minimum Gasteiger partial charge on any atom is -0.373 e. The maximum atomic E-state index is 12.4. The molecule has 2 aliphatic rings. The minimum atomic E-state index is -0.0970. The number of para-hydroxylation sites is 1. The van der Waals surface area contributed by atoms with Crippen molar-refractivity contribution in [1.29, 1.82) is 0 Å². The SMILES string of the molecule is CCSC1CCCC1NC(=O)C1Cc2ccccc2N1. The molecule has 0 radical (unpaired) electrons. The van der Waals surface area contributed by atoms with Crippen LogP contribution in [0.4, 0.5) is 5.69 Å². The zero-order valence-electron chi connectivity index (χ0n) is 11.9. The van der Waals surface area contributed by atoms with Gasteiger partial charge in [0.15, 0.2) is 0 Å². The van der Waals surface area contributed by atoms with E-state index in [1.165, 1.54) is 18.4 Å². The smallest absolute Gasteiger partial charge is 0.243 e. The third-order valence-corrected chi connectivity index (χ3v) is 5.57. The highest BCUT2D eigenvalue weighted by atomic mass is 32.2. The van der Waals surface area contributed by atoms with E-state index in [4.69, 9.17) is 0 Å². The number of amides is 1. The summed E-state index contributed by atoms with van der Waals surface area (Å²) in [6.45, 7) is 2.19. The Morgan fingerprint density at radius 1 is 1.40 bits per heavy atom. The van der Waals surface area contributed by atoms with E-state index in [0.29, 0.717) is 11.3 Å². The quantitative estimate of drug-likeness (QED) is 0.896.